The van der Waals surface area contributed by atoms with E-state index in [4.69, 9.17) is 13.7 Å². The number of ether oxygens (including phenoxy) is 2. The molecule has 152 valence electrons. The molecule has 0 saturated heterocycles. The Kier molecular flexibility index (Phi) is 8.51. The average molecular weight is 402 g/mol. The van der Waals surface area contributed by atoms with Gasteiger partial charge in [0, 0.05) is 6.54 Å². The predicted octanol–water partition coefficient (Wildman–Crippen LogP) is 1.78. The first-order chi connectivity index (χ1) is 12.4. The molecule has 2 N–H and O–H groups in total. The van der Waals surface area contributed by atoms with Gasteiger partial charge in [-0.25, -0.2) is 9.59 Å². The van der Waals surface area contributed by atoms with Crippen LogP contribution in [0.5, 0.6) is 0 Å². The Labute approximate surface area is 159 Å². The van der Waals surface area contributed by atoms with Crippen molar-refractivity contribution in [3.63, 3.8) is 0 Å². The fourth-order valence-electron chi connectivity index (χ4n) is 1.81. The summed E-state index contributed by atoms with van der Waals surface area (Å²) < 4.78 is 37.2. The van der Waals surface area contributed by atoms with Gasteiger partial charge < -0.3 is 20.1 Å². The zero-order chi connectivity index (χ0) is 20.5. The molecule has 2 amide bonds. The van der Waals surface area contributed by atoms with E-state index < -0.39 is 33.9 Å². The molecule has 0 fully saturated rings. The number of carbonyl (C=O) groups excluding carboxylic acids is 2. The SMILES string of the molecule is CC(C)(C)OC(=O)NC[C@H](COS(C)(=O)=O)NC(=O)OCc1ccccc1. The van der Waals surface area contributed by atoms with Crippen LogP contribution in [0, 0.1) is 0 Å². The smallest absolute Gasteiger partial charge is 0.407 e. The third kappa shape index (κ3) is 11.8. The highest BCUT2D eigenvalue weighted by Gasteiger charge is 2.20. The second-order valence-electron chi connectivity index (χ2n) is 6.77. The Bertz CT molecular complexity index is 715. The molecule has 27 heavy (non-hydrogen) atoms. The lowest BCUT2D eigenvalue weighted by Gasteiger charge is -2.22. The molecule has 0 heterocycles. The third-order valence-electron chi connectivity index (χ3n) is 2.91. The molecule has 0 aliphatic heterocycles. The van der Waals surface area contributed by atoms with E-state index >= 15 is 0 Å². The standard InChI is InChI=1S/C17H26N2O7S/c1-17(2,3)26-15(20)18-10-14(12-25-27(4,22)23)19-16(21)24-11-13-8-6-5-7-9-13/h5-9,14H,10-12H2,1-4H3,(H,18,20)(H,19,21)/t14-/m1/s1. The van der Waals surface area contributed by atoms with E-state index in [2.05, 4.69) is 10.6 Å². The van der Waals surface area contributed by atoms with Gasteiger partial charge in [-0.2, -0.15) is 8.42 Å². The molecular formula is C17H26N2O7S. The molecule has 10 heteroatoms. The van der Waals surface area contributed by atoms with Crippen molar-refractivity contribution in [1.29, 1.82) is 0 Å². The summed E-state index contributed by atoms with van der Waals surface area (Å²) in [6.45, 7) is 4.69. The summed E-state index contributed by atoms with van der Waals surface area (Å²) in [5.74, 6) is 0. The summed E-state index contributed by atoms with van der Waals surface area (Å²) in [7, 11) is -3.71. The molecule has 9 nitrogen and oxygen atoms in total. The molecule has 0 unspecified atom stereocenters. The van der Waals surface area contributed by atoms with E-state index in [1.165, 1.54) is 0 Å². The van der Waals surface area contributed by atoms with Gasteiger partial charge in [0.25, 0.3) is 10.1 Å². The van der Waals surface area contributed by atoms with Crippen molar-refractivity contribution in [1.82, 2.24) is 10.6 Å². The molecule has 0 aliphatic carbocycles. The van der Waals surface area contributed by atoms with Gasteiger partial charge in [0.15, 0.2) is 0 Å². The van der Waals surface area contributed by atoms with Crippen LogP contribution < -0.4 is 10.6 Å². The van der Waals surface area contributed by atoms with Crippen molar-refractivity contribution in [2.24, 2.45) is 0 Å². The third-order valence-corrected chi connectivity index (χ3v) is 3.47. The van der Waals surface area contributed by atoms with Gasteiger partial charge in [0.1, 0.15) is 12.2 Å². The molecule has 1 aromatic carbocycles. The number of alkyl carbamates (subject to hydrolysis) is 2. The molecule has 1 atom stereocenters. The first kappa shape index (κ1) is 22.7. The van der Waals surface area contributed by atoms with Crippen LogP contribution in [0.4, 0.5) is 9.59 Å². The van der Waals surface area contributed by atoms with Crippen molar-refractivity contribution >= 4 is 22.3 Å². The number of rotatable bonds is 8. The highest BCUT2D eigenvalue weighted by atomic mass is 32.2. The highest BCUT2D eigenvalue weighted by molar-refractivity contribution is 7.85. The van der Waals surface area contributed by atoms with Crippen LogP contribution in [-0.4, -0.2) is 51.7 Å². The lowest BCUT2D eigenvalue weighted by atomic mass is 10.2. The first-order valence-corrected chi connectivity index (χ1v) is 10.0. The summed E-state index contributed by atoms with van der Waals surface area (Å²) in [6, 6.07) is 8.21. The maximum absolute atomic E-state index is 11.9. The van der Waals surface area contributed by atoms with Crippen molar-refractivity contribution < 1.29 is 31.7 Å². The van der Waals surface area contributed by atoms with Crippen LogP contribution in [0.15, 0.2) is 30.3 Å². The molecule has 0 spiro atoms. The van der Waals surface area contributed by atoms with E-state index in [1.54, 1.807) is 32.9 Å². The number of hydrogen-bond acceptors (Lipinski definition) is 7. The van der Waals surface area contributed by atoms with Gasteiger partial charge >= 0.3 is 12.2 Å². The van der Waals surface area contributed by atoms with Crippen LogP contribution in [-0.2, 0) is 30.4 Å². The number of nitrogens with one attached hydrogen (secondary N) is 2. The van der Waals surface area contributed by atoms with E-state index in [9.17, 15) is 18.0 Å². The minimum absolute atomic E-state index is 0.0474. The Morgan fingerprint density at radius 2 is 1.74 bits per heavy atom. The quantitative estimate of drug-likeness (QED) is 0.636. The van der Waals surface area contributed by atoms with Gasteiger partial charge in [-0.05, 0) is 26.3 Å². The molecular weight excluding hydrogens is 376 g/mol. The Balaban J connectivity index is 2.56. The van der Waals surface area contributed by atoms with Crippen LogP contribution in [0.3, 0.4) is 0 Å². The number of amides is 2. The van der Waals surface area contributed by atoms with Crippen LogP contribution in [0.2, 0.25) is 0 Å². The minimum Gasteiger partial charge on any atom is -0.445 e. The summed E-state index contributed by atoms with van der Waals surface area (Å²) >= 11 is 0. The first-order valence-electron chi connectivity index (χ1n) is 8.23. The zero-order valence-corrected chi connectivity index (χ0v) is 16.7. The van der Waals surface area contributed by atoms with Crippen LogP contribution in [0.25, 0.3) is 0 Å². The number of benzene rings is 1. The lowest BCUT2D eigenvalue weighted by molar-refractivity contribution is 0.0517. The second-order valence-corrected chi connectivity index (χ2v) is 8.42. The maximum atomic E-state index is 11.9. The molecule has 0 aliphatic rings. The van der Waals surface area contributed by atoms with Crippen molar-refractivity contribution in [2.75, 3.05) is 19.4 Å². The Morgan fingerprint density at radius 3 is 2.30 bits per heavy atom. The maximum Gasteiger partial charge on any atom is 0.407 e. The largest absolute Gasteiger partial charge is 0.445 e. The molecule has 1 aromatic rings. The molecule has 0 bridgehead atoms. The van der Waals surface area contributed by atoms with Crippen molar-refractivity contribution in [2.45, 2.75) is 39.0 Å². The fraction of sp³-hybridized carbons (Fsp3) is 0.529. The van der Waals surface area contributed by atoms with E-state index in [0.717, 1.165) is 11.8 Å². The minimum atomic E-state index is -3.71. The second kappa shape index (κ2) is 10.1. The van der Waals surface area contributed by atoms with Gasteiger partial charge in [-0.3, -0.25) is 4.18 Å². The number of carbonyl (C=O) groups is 2. The number of hydrogen-bond donors (Lipinski definition) is 2. The summed E-state index contributed by atoms with van der Waals surface area (Å²) in [5, 5.41) is 4.91. The topological polar surface area (TPSA) is 120 Å². The normalized spacial score (nSPS) is 12.7. The fourth-order valence-corrected chi connectivity index (χ4v) is 2.22. The van der Waals surface area contributed by atoms with E-state index in [-0.39, 0.29) is 19.8 Å². The monoisotopic (exact) mass is 402 g/mol. The Morgan fingerprint density at radius 1 is 1.11 bits per heavy atom. The predicted molar refractivity (Wildman–Crippen MR) is 98.6 cm³/mol. The summed E-state index contributed by atoms with van der Waals surface area (Å²) in [4.78, 5) is 23.7. The summed E-state index contributed by atoms with van der Waals surface area (Å²) in [6.07, 6.45) is -0.586. The zero-order valence-electron chi connectivity index (χ0n) is 15.9. The van der Waals surface area contributed by atoms with Crippen LogP contribution in [0.1, 0.15) is 26.3 Å². The van der Waals surface area contributed by atoms with Crippen LogP contribution >= 0.6 is 0 Å². The highest BCUT2D eigenvalue weighted by Crippen LogP contribution is 2.06. The molecule has 1 rings (SSSR count). The molecule has 0 radical (unpaired) electrons. The van der Waals surface area contributed by atoms with E-state index in [1.807, 2.05) is 18.2 Å². The van der Waals surface area contributed by atoms with Crippen molar-refractivity contribution in [3.8, 4) is 0 Å². The van der Waals surface area contributed by atoms with Gasteiger partial charge in [0.05, 0.1) is 18.9 Å². The van der Waals surface area contributed by atoms with Gasteiger partial charge in [0.2, 0.25) is 0 Å². The lowest BCUT2D eigenvalue weighted by Crippen LogP contribution is -2.47. The van der Waals surface area contributed by atoms with Gasteiger partial charge in [-0.15, -0.1) is 0 Å². The Hall–Kier alpha value is -2.33. The molecule has 0 aromatic heterocycles. The van der Waals surface area contributed by atoms with Crippen molar-refractivity contribution in [3.05, 3.63) is 35.9 Å². The van der Waals surface area contributed by atoms with Gasteiger partial charge in [-0.1, -0.05) is 30.3 Å². The van der Waals surface area contributed by atoms with E-state index in [0.29, 0.717) is 0 Å². The average Bonchev–Trinajstić information content (AvgIpc) is 2.54. The molecule has 0 saturated carbocycles. The summed E-state index contributed by atoms with van der Waals surface area (Å²) in [5.41, 5.74) is 0.105.